The van der Waals surface area contributed by atoms with E-state index in [2.05, 4.69) is 20.6 Å². The van der Waals surface area contributed by atoms with Crippen molar-refractivity contribution in [3.8, 4) is 11.4 Å². The molecule has 0 saturated heterocycles. The van der Waals surface area contributed by atoms with Crippen LogP contribution >= 0.6 is 11.6 Å². The number of aromatic nitrogens is 4. The van der Waals surface area contributed by atoms with Crippen LogP contribution < -0.4 is 0 Å². The Kier molecular flexibility index (Phi) is 6.73. The molecule has 6 nitrogen and oxygen atoms in total. The van der Waals surface area contributed by atoms with Gasteiger partial charge in [0.1, 0.15) is 5.82 Å². The highest BCUT2D eigenvalue weighted by molar-refractivity contribution is 6.32. The summed E-state index contributed by atoms with van der Waals surface area (Å²) in [7, 11) is 0. The fraction of sp³-hybridized carbons (Fsp3) is 0.143. The molecule has 0 aliphatic heterocycles. The predicted molar refractivity (Wildman–Crippen MR) is 137 cm³/mol. The Morgan fingerprint density at radius 2 is 1.72 bits per heavy atom. The molecule has 1 saturated carbocycles. The molecule has 0 amide bonds. The van der Waals surface area contributed by atoms with Crippen LogP contribution in [-0.4, -0.2) is 31.7 Å². The molecule has 1 aliphatic carbocycles. The third kappa shape index (κ3) is 4.97. The van der Waals surface area contributed by atoms with Crippen molar-refractivity contribution < 1.29 is 14.3 Å². The molecule has 5 rings (SSSR count). The number of aromatic amines is 1. The van der Waals surface area contributed by atoms with Crippen LogP contribution in [0.1, 0.15) is 41.5 Å². The molecule has 0 unspecified atom stereocenters. The maximum absolute atomic E-state index is 13.9. The number of nitrogens with zero attached hydrogens (tertiary/aromatic N) is 3. The number of nitrogens with one attached hydrogen (secondary N) is 1. The second kappa shape index (κ2) is 10.3. The van der Waals surface area contributed by atoms with Crippen LogP contribution in [0.25, 0.3) is 28.6 Å². The number of allylic oxidation sites excluding steroid dienone is 1. The van der Waals surface area contributed by atoms with Crippen LogP contribution in [0, 0.1) is 11.7 Å². The molecule has 0 atom stereocenters. The molecule has 0 bridgehead atoms. The van der Waals surface area contributed by atoms with E-state index < -0.39 is 5.97 Å². The van der Waals surface area contributed by atoms with Crippen LogP contribution in [0.3, 0.4) is 0 Å². The minimum atomic E-state index is -1.00. The van der Waals surface area contributed by atoms with Crippen molar-refractivity contribution in [2.75, 3.05) is 0 Å². The number of rotatable bonds is 7. The van der Waals surface area contributed by atoms with Crippen molar-refractivity contribution in [3.63, 3.8) is 0 Å². The highest BCUT2D eigenvalue weighted by Gasteiger charge is 2.28. The van der Waals surface area contributed by atoms with E-state index in [4.69, 9.17) is 16.7 Å². The van der Waals surface area contributed by atoms with Crippen molar-refractivity contribution in [2.24, 2.45) is 5.92 Å². The molecule has 3 aromatic carbocycles. The van der Waals surface area contributed by atoms with E-state index in [0.29, 0.717) is 10.8 Å². The molecule has 4 aromatic rings. The Hall–Kier alpha value is -4.10. The Morgan fingerprint density at radius 3 is 2.28 bits per heavy atom. The molecule has 36 heavy (non-hydrogen) atoms. The van der Waals surface area contributed by atoms with E-state index in [0.717, 1.165) is 64.3 Å². The van der Waals surface area contributed by atoms with Crippen molar-refractivity contribution in [1.82, 2.24) is 20.6 Å². The number of carbonyl (C=O) groups is 1. The van der Waals surface area contributed by atoms with Crippen molar-refractivity contribution in [3.05, 3.63) is 106 Å². The second-order valence-electron chi connectivity index (χ2n) is 8.65. The Labute approximate surface area is 212 Å². The lowest BCUT2D eigenvalue weighted by atomic mass is 9.73. The van der Waals surface area contributed by atoms with Gasteiger partial charge in [-0.3, -0.25) is 0 Å². The van der Waals surface area contributed by atoms with Gasteiger partial charge in [-0.2, -0.15) is 5.21 Å². The third-order valence-corrected chi connectivity index (χ3v) is 6.71. The van der Waals surface area contributed by atoms with Crippen LogP contribution in [-0.2, 0) is 4.79 Å². The van der Waals surface area contributed by atoms with Gasteiger partial charge in [0.15, 0.2) is 0 Å². The van der Waals surface area contributed by atoms with Gasteiger partial charge in [0.2, 0.25) is 5.82 Å². The lowest BCUT2D eigenvalue weighted by Crippen LogP contribution is -2.15. The average Bonchev–Trinajstić information content (AvgIpc) is 3.38. The largest absolute Gasteiger partial charge is 0.478 e. The number of benzene rings is 3. The second-order valence-corrected chi connectivity index (χ2v) is 9.05. The molecule has 1 fully saturated rings. The number of hydrogen-bond donors (Lipinski definition) is 2. The number of H-pyrrole nitrogens is 1. The molecule has 1 aliphatic rings. The first-order valence-electron chi connectivity index (χ1n) is 11.5. The van der Waals surface area contributed by atoms with Crippen molar-refractivity contribution in [1.29, 1.82) is 0 Å². The predicted octanol–water partition coefficient (Wildman–Crippen LogP) is 6.52. The molecule has 1 heterocycles. The standard InChI is InChI=1S/C28H22ClFN4O2/c29-24-16-22(30)13-14-23(24)27(18-2-1-3-18)26(19-7-4-17(5-8-19)6-15-25(35)36)20-9-11-21(12-10-20)28-31-33-34-32-28/h4-16,18H,1-3H2,(H,35,36)(H,31,32,33,34). The number of tetrazole rings is 1. The molecule has 0 radical (unpaired) electrons. The summed E-state index contributed by atoms with van der Waals surface area (Å²) in [4.78, 5) is 10.9. The molecule has 180 valence electrons. The van der Waals surface area contributed by atoms with Gasteiger partial charge in [0.25, 0.3) is 0 Å². The van der Waals surface area contributed by atoms with Crippen LogP contribution in [0.4, 0.5) is 4.39 Å². The van der Waals surface area contributed by atoms with Gasteiger partial charge in [-0.05, 0) is 75.6 Å². The summed E-state index contributed by atoms with van der Waals surface area (Å²) < 4.78 is 13.9. The number of halogens is 2. The van der Waals surface area contributed by atoms with E-state index >= 15 is 0 Å². The molecule has 8 heteroatoms. The van der Waals surface area contributed by atoms with Gasteiger partial charge in [0.05, 0.1) is 5.02 Å². The summed E-state index contributed by atoms with van der Waals surface area (Å²) >= 11 is 6.59. The minimum absolute atomic E-state index is 0.284. The van der Waals surface area contributed by atoms with Gasteiger partial charge >= 0.3 is 5.97 Å². The lowest BCUT2D eigenvalue weighted by molar-refractivity contribution is -0.131. The Bertz CT molecular complexity index is 1440. The maximum atomic E-state index is 13.9. The first-order chi connectivity index (χ1) is 17.5. The Balaban J connectivity index is 1.69. The summed E-state index contributed by atoms with van der Waals surface area (Å²) in [5, 5.41) is 23.5. The van der Waals surface area contributed by atoms with Crippen molar-refractivity contribution >= 4 is 34.8 Å². The van der Waals surface area contributed by atoms with E-state index in [-0.39, 0.29) is 11.7 Å². The quantitative estimate of drug-likeness (QED) is 0.223. The van der Waals surface area contributed by atoms with E-state index in [1.807, 2.05) is 48.5 Å². The van der Waals surface area contributed by atoms with Gasteiger partial charge in [-0.1, -0.05) is 72.6 Å². The summed E-state index contributed by atoms with van der Waals surface area (Å²) in [5.74, 6) is -0.592. The zero-order valence-electron chi connectivity index (χ0n) is 19.2. The summed E-state index contributed by atoms with van der Waals surface area (Å²) in [6, 6.07) is 20.2. The number of carboxylic acid groups (broad SMARTS) is 1. The fourth-order valence-corrected chi connectivity index (χ4v) is 4.71. The van der Waals surface area contributed by atoms with E-state index in [1.165, 1.54) is 12.1 Å². The van der Waals surface area contributed by atoms with Crippen molar-refractivity contribution in [2.45, 2.75) is 19.3 Å². The maximum Gasteiger partial charge on any atom is 0.328 e. The molecule has 0 spiro atoms. The molecule has 2 N–H and O–H groups in total. The van der Waals surface area contributed by atoms with E-state index in [1.54, 1.807) is 12.1 Å². The van der Waals surface area contributed by atoms with Gasteiger partial charge in [-0.25, -0.2) is 9.18 Å². The SMILES string of the molecule is O=C(O)C=Cc1ccc(C(=C(c2ccc(F)cc2Cl)C2CCC2)c2ccc(-c3nn[nH]n3)cc2)cc1. The fourth-order valence-electron chi connectivity index (χ4n) is 4.44. The lowest BCUT2D eigenvalue weighted by Gasteiger charge is -2.32. The molecule has 1 aromatic heterocycles. The van der Waals surface area contributed by atoms with Crippen LogP contribution in [0.15, 0.2) is 72.8 Å². The minimum Gasteiger partial charge on any atom is -0.478 e. The zero-order valence-corrected chi connectivity index (χ0v) is 19.9. The number of aliphatic carboxylic acids is 1. The monoisotopic (exact) mass is 500 g/mol. The average molecular weight is 501 g/mol. The smallest absolute Gasteiger partial charge is 0.328 e. The number of hydrogen-bond acceptors (Lipinski definition) is 4. The van der Waals surface area contributed by atoms with Gasteiger partial charge in [-0.15, -0.1) is 10.2 Å². The highest BCUT2D eigenvalue weighted by Crippen LogP contribution is 2.46. The summed E-state index contributed by atoms with van der Waals surface area (Å²) in [5.41, 5.74) is 6.42. The van der Waals surface area contributed by atoms with Crippen LogP contribution in [0.5, 0.6) is 0 Å². The molecular formula is C28H22ClFN4O2. The van der Waals surface area contributed by atoms with Crippen LogP contribution in [0.2, 0.25) is 5.02 Å². The first-order valence-corrected chi connectivity index (χ1v) is 11.9. The normalized spacial score (nSPS) is 14.5. The summed E-state index contributed by atoms with van der Waals surface area (Å²) in [6.45, 7) is 0. The highest BCUT2D eigenvalue weighted by atomic mass is 35.5. The summed E-state index contributed by atoms with van der Waals surface area (Å²) in [6.07, 6.45) is 5.83. The zero-order chi connectivity index (χ0) is 25.1. The van der Waals surface area contributed by atoms with Gasteiger partial charge < -0.3 is 5.11 Å². The number of carboxylic acids is 1. The van der Waals surface area contributed by atoms with Gasteiger partial charge in [0, 0.05) is 11.6 Å². The topological polar surface area (TPSA) is 91.8 Å². The first kappa shape index (κ1) is 23.6. The Morgan fingerprint density at radius 1 is 1.03 bits per heavy atom. The third-order valence-electron chi connectivity index (χ3n) is 6.40. The molecular weight excluding hydrogens is 479 g/mol. The van der Waals surface area contributed by atoms with E-state index in [9.17, 15) is 9.18 Å².